The average Bonchev–Trinajstić information content (AvgIpc) is 2.44. The van der Waals surface area contributed by atoms with Gasteiger partial charge in [0, 0.05) is 12.2 Å². The molecule has 2 aromatic rings. The molecular weight excluding hydrogens is 315 g/mol. The summed E-state index contributed by atoms with van der Waals surface area (Å²) in [6.07, 6.45) is 0. The lowest BCUT2D eigenvalue weighted by Gasteiger charge is -2.24. The van der Waals surface area contributed by atoms with Gasteiger partial charge in [0.05, 0.1) is 10.7 Å². The molecule has 0 atom stereocenters. The van der Waals surface area contributed by atoms with Gasteiger partial charge in [0.2, 0.25) is 0 Å². The predicted octanol–water partition coefficient (Wildman–Crippen LogP) is 3.28. The van der Waals surface area contributed by atoms with Gasteiger partial charge in [-0.05, 0) is 37.3 Å². The van der Waals surface area contributed by atoms with Crippen LogP contribution < -0.4 is 10.0 Å². The molecule has 0 heterocycles. The summed E-state index contributed by atoms with van der Waals surface area (Å²) in [4.78, 5) is -0.144. The van der Waals surface area contributed by atoms with E-state index in [4.69, 9.17) is 17.3 Å². The van der Waals surface area contributed by atoms with E-state index >= 15 is 0 Å². The van der Waals surface area contributed by atoms with Crippen LogP contribution in [-0.2, 0) is 10.0 Å². The Labute approximate surface area is 128 Å². The zero-order chi connectivity index (χ0) is 15.6. The van der Waals surface area contributed by atoms with Gasteiger partial charge in [-0.25, -0.2) is 12.8 Å². The highest BCUT2D eigenvalue weighted by Gasteiger charge is 2.27. The number of hydrogen-bond donors (Lipinski definition) is 1. The highest BCUT2D eigenvalue weighted by atomic mass is 35.5. The van der Waals surface area contributed by atoms with Crippen molar-refractivity contribution in [3.8, 4) is 0 Å². The second-order valence-corrected chi connectivity index (χ2v) is 6.55. The van der Waals surface area contributed by atoms with Crippen molar-refractivity contribution >= 4 is 33.0 Å². The Morgan fingerprint density at radius 2 is 1.90 bits per heavy atom. The Balaban J connectivity index is 2.61. The quantitative estimate of drug-likeness (QED) is 0.876. The Morgan fingerprint density at radius 1 is 1.24 bits per heavy atom. The van der Waals surface area contributed by atoms with Crippen LogP contribution in [0.3, 0.4) is 0 Å². The van der Waals surface area contributed by atoms with Crippen molar-refractivity contribution in [3.63, 3.8) is 0 Å². The van der Waals surface area contributed by atoms with Gasteiger partial charge in [-0.3, -0.25) is 4.31 Å². The SMILES string of the molecule is CCN(c1ccccc1F)S(=O)(=O)c1cc(N)ccc1Cl. The number of benzene rings is 2. The Kier molecular flexibility index (Phi) is 4.39. The first-order chi connectivity index (χ1) is 9.87. The molecule has 7 heteroatoms. The molecule has 0 radical (unpaired) electrons. The van der Waals surface area contributed by atoms with E-state index < -0.39 is 15.8 Å². The molecule has 4 nitrogen and oxygen atoms in total. The number of rotatable bonds is 4. The molecule has 0 aliphatic heterocycles. The molecule has 21 heavy (non-hydrogen) atoms. The number of hydrogen-bond acceptors (Lipinski definition) is 3. The fraction of sp³-hybridized carbons (Fsp3) is 0.143. The van der Waals surface area contributed by atoms with Gasteiger partial charge in [0.15, 0.2) is 0 Å². The summed E-state index contributed by atoms with van der Waals surface area (Å²) in [5, 5.41) is 0.0407. The summed E-state index contributed by atoms with van der Waals surface area (Å²) in [6.45, 7) is 1.68. The molecule has 0 aromatic heterocycles. The highest BCUT2D eigenvalue weighted by Crippen LogP contribution is 2.30. The second kappa shape index (κ2) is 5.91. The number of nitrogens with zero attached hydrogens (tertiary/aromatic N) is 1. The standard InChI is InChI=1S/C14H14ClFN2O2S/c1-2-18(13-6-4-3-5-12(13)16)21(19,20)14-9-10(17)7-8-11(14)15/h3-9H,2,17H2,1H3. The highest BCUT2D eigenvalue weighted by molar-refractivity contribution is 7.93. The molecule has 0 aliphatic rings. The van der Waals surface area contributed by atoms with Crippen molar-refractivity contribution < 1.29 is 12.8 Å². The van der Waals surface area contributed by atoms with E-state index in [9.17, 15) is 12.8 Å². The largest absolute Gasteiger partial charge is 0.399 e. The van der Waals surface area contributed by atoms with Crippen LogP contribution in [0.2, 0.25) is 5.02 Å². The van der Waals surface area contributed by atoms with Gasteiger partial charge in [-0.15, -0.1) is 0 Å². The third-order valence-electron chi connectivity index (χ3n) is 2.93. The number of halogens is 2. The van der Waals surface area contributed by atoms with E-state index in [1.807, 2.05) is 0 Å². The zero-order valence-electron chi connectivity index (χ0n) is 11.3. The molecular formula is C14H14ClFN2O2S. The molecule has 0 amide bonds. The van der Waals surface area contributed by atoms with E-state index in [2.05, 4.69) is 0 Å². The summed E-state index contributed by atoms with van der Waals surface area (Å²) < 4.78 is 40.3. The van der Waals surface area contributed by atoms with E-state index in [0.717, 1.165) is 4.31 Å². The number of nitrogens with two attached hydrogens (primary N) is 1. The van der Waals surface area contributed by atoms with E-state index in [0.29, 0.717) is 0 Å². The third kappa shape index (κ3) is 2.96. The van der Waals surface area contributed by atoms with Crippen LogP contribution in [0.4, 0.5) is 15.8 Å². The van der Waals surface area contributed by atoms with Crippen molar-refractivity contribution in [2.24, 2.45) is 0 Å². The van der Waals surface area contributed by atoms with Crippen molar-refractivity contribution in [2.45, 2.75) is 11.8 Å². The van der Waals surface area contributed by atoms with Gasteiger partial charge in [-0.2, -0.15) is 0 Å². The van der Waals surface area contributed by atoms with Crippen LogP contribution >= 0.6 is 11.6 Å². The van der Waals surface area contributed by atoms with Gasteiger partial charge in [0.25, 0.3) is 10.0 Å². The summed E-state index contributed by atoms with van der Waals surface area (Å²) in [7, 11) is -4.00. The molecule has 0 aliphatic carbocycles. The predicted molar refractivity (Wildman–Crippen MR) is 82.5 cm³/mol. The molecule has 0 fully saturated rings. The summed E-state index contributed by atoms with van der Waals surface area (Å²) in [5.41, 5.74) is 5.86. The van der Waals surface area contributed by atoms with Crippen molar-refractivity contribution in [1.82, 2.24) is 0 Å². The molecule has 112 valence electrons. The topological polar surface area (TPSA) is 63.4 Å². The maximum atomic E-state index is 13.9. The Morgan fingerprint density at radius 3 is 2.52 bits per heavy atom. The molecule has 0 spiro atoms. The van der Waals surface area contributed by atoms with E-state index in [1.165, 1.54) is 36.4 Å². The lowest BCUT2D eigenvalue weighted by Crippen LogP contribution is -2.31. The van der Waals surface area contributed by atoms with Crippen LogP contribution in [0, 0.1) is 5.82 Å². The molecule has 0 unspecified atom stereocenters. The molecule has 0 bridgehead atoms. The van der Waals surface area contributed by atoms with Gasteiger partial charge in [-0.1, -0.05) is 23.7 Å². The maximum absolute atomic E-state index is 13.9. The second-order valence-electron chi connectivity index (χ2n) is 4.31. The fourth-order valence-electron chi connectivity index (χ4n) is 1.96. The normalized spacial score (nSPS) is 11.4. The molecule has 0 saturated carbocycles. The van der Waals surface area contributed by atoms with Crippen LogP contribution in [0.25, 0.3) is 0 Å². The van der Waals surface area contributed by atoms with E-state index in [-0.39, 0.29) is 27.8 Å². The summed E-state index contributed by atoms with van der Waals surface area (Å²) in [5.74, 6) is -0.622. The monoisotopic (exact) mass is 328 g/mol. The lowest BCUT2D eigenvalue weighted by atomic mass is 10.3. The first-order valence-corrected chi connectivity index (χ1v) is 8.02. The smallest absolute Gasteiger partial charge is 0.265 e. The maximum Gasteiger partial charge on any atom is 0.265 e. The van der Waals surface area contributed by atoms with Gasteiger partial charge < -0.3 is 5.73 Å². The number of nitrogen functional groups attached to an aromatic ring is 1. The van der Waals surface area contributed by atoms with Gasteiger partial charge >= 0.3 is 0 Å². The number of anilines is 2. The summed E-state index contributed by atoms with van der Waals surface area (Å²) in [6, 6.07) is 9.83. The minimum atomic E-state index is -4.00. The number of para-hydroxylation sites is 1. The zero-order valence-corrected chi connectivity index (χ0v) is 12.8. The molecule has 0 saturated heterocycles. The van der Waals surface area contributed by atoms with Crippen molar-refractivity contribution in [2.75, 3.05) is 16.6 Å². The van der Waals surface area contributed by atoms with Crippen LogP contribution in [0.15, 0.2) is 47.4 Å². The van der Waals surface area contributed by atoms with Crippen LogP contribution in [0.1, 0.15) is 6.92 Å². The minimum Gasteiger partial charge on any atom is -0.399 e. The molecule has 2 N–H and O–H groups in total. The Bertz CT molecular complexity index is 765. The lowest BCUT2D eigenvalue weighted by molar-refractivity contribution is 0.586. The fourth-order valence-corrected chi connectivity index (χ4v) is 3.95. The Hall–Kier alpha value is -1.79. The van der Waals surface area contributed by atoms with Gasteiger partial charge in [0.1, 0.15) is 10.7 Å². The average molecular weight is 329 g/mol. The van der Waals surface area contributed by atoms with Crippen molar-refractivity contribution in [1.29, 1.82) is 0 Å². The first kappa shape index (κ1) is 15.6. The number of sulfonamides is 1. The first-order valence-electron chi connectivity index (χ1n) is 6.20. The summed E-state index contributed by atoms with van der Waals surface area (Å²) >= 11 is 5.95. The minimum absolute atomic E-state index is 0.0292. The van der Waals surface area contributed by atoms with Crippen molar-refractivity contribution in [3.05, 3.63) is 53.3 Å². The third-order valence-corrected chi connectivity index (χ3v) is 5.30. The van der Waals surface area contributed by atoms with Crippen LogP contribution in [0.5, 0.6) is 0 Å². The molecule has 2 aromatic carbocycles. The van der Waals surface area contributed by atoms with Crippen LogP contribution in [-0.4, -0.2) is 15.0 Å². The van der Waals surface area contributed by atoms with E-state index in [1.54, 1.807) is 13.0 Å². The molecule has 2 rings (SSSR count).